The average Bonchev–Trinajstić information content (AvgIpc) is 2.74. The molecule has 0 spiro atoms. The summed E-state index contributed by atoms with van der Waals surface area (Å²) in [6, 6.07) is 9.43. The lowest BCUT2D eigenvalue weighted by molar-refractivity contribution is 0.355. The summed E-state index contributed by atoms with van der Waals surface area (Å²) in [6.45, 7) is 10.3. The fourth-order valence-electron chi connectivity index (χ4n) is 3.12. The van der Waals surface area contributed by atoms with Crippen molar-refractivity contribution in [1.29, 1.82) is 0 Å². The second-order valence-electron chi connectivity index (χ2n) is 7.47. The molecule has 2 heterocycles. The Morgan fingerprint density at radius 1 is 1.00 bits per heavy atom. The summed E-state index contributed by atoms with van der Waals surface area (Å²) >= 11 is 0. The van der Waals surface area contributed by atoms with Gasteiger partial charge in [0.25, 0.3) is 0 Å². The summed E-state index contributed by atoms with van der Waals surface area (Å²) in [7, 11) is 3.21. The highest BCUT2D eigenvalue weighted by molar-refractivity contribution is 5.88. The van der Waals surface area contributed by atoms with E-state index in [4.69, 9.17) is 19.2 Å². The number of hydrogen-bond donors (Lipinski definition) is 0. The number of benzene rings is 1. The van der Waals surface area contributed by atoms with Crippen molar-refractivity contribution in [2.24, 2.45) is 0 Å². The molecule has 0 atom stereocenters. The topological polar surface area (TPSA) is 53.5 Å². The minimum absolute atomic E-state index is 0.588. The number of allylic oxidation sites excluding steroid dienone is 5. The first-order chi connectivity index (χ1) is 14.9. The van der Waals surface area contributed by atoms with Gasteiger partial charge in [0, 0.05) is 29.8 Å². The summed E-state index contributed by atoms with van der Waals surface area (Å²) in [5.74, 6) is 2.60. The highest BCUT2D eigenvalue weighted by Crippen LogP contribution is 2.37. The van der Waals surface area contributed by atoms with E-state index in [0.717, 1.165) is 27.9 Å². The van der Waals surface area contributed by atoms with Gasteiger partial charge in [0.15, 0.2) is 11.5 Å². The normalized spacial score (nSPS) is 10.9. The molecule has 0 aliphatic rings. The van der Waals surface area contributed by atoms with E-state index in [-0.39, 0.29) is 0 Å². The van der Waals surface area contributed by atoms with Crippen molar-refractivity contribution in [2.75, 3.05) is 14.2 Å². The number of hydrogen-bond acceptors (Lipinski definition) is 5. The van der Waals surface area contributed by atoms with Gasteiger partial charge in [-0.25, -0.2) is 0 Å². The van der Waals surface area contributed by atoms with Gasteiger partial charge in [-0.05, 0) is 50.6 Å². The van der Waals surface area contributed by atoms with Gasteiger partial charge in [0.1, 0.15) is 11.5 Å². The molecule has 0 unspecified atom stereocenters. The predicted molar refractivity (Wildman–Crippen MR) is 125 cm³/mol. The zero-order valence-electron chi connectivity index (χ0n) is 18.7. The van der Waals surface area contributed by atoms with Gasteiger partial charge in [-0.3, -0.25) is 9.97 Å². The van der Waals surface area contributed by atoms with E-state index in [9.17, 15) is 0 Å². The third-order valence-electron chi connectivity index (χ3n) is 4.65. The van der Waals surface area contributed by atoms with Crippen LogP contribution in [0.3, 0.4) is 0 Å². The summed E-state index contributed by atoms with van der Waals surface area (Å²) in [5.41, 5.74) is 4.70. The van der Waals surface area contributed by atoms with Crippen LogP contribution >= 0.6 is 0 Å². The van der Waals surface area contributed by atoms with Gasteiger partial charge in [-0.1, -0.05) is 30.4 Å². The Hall–Kier alpha value is -3.60. The number of aryl methyl sites for hydroxylation is 1. The van der Waals surface area contributed by atoms with Gasteiger partial charge in [-0.15, -0.1) is 0 Å². The quantitative estimate of drug-likeness (QED) is 0.399. The fraction of sp³-hybridized carbons (Fsp3) is 0.231. The van der Waals surface area contributed by atoms with Crippen molar-refractivity contribution in [3.63, 3.8) is 0 Å². The van der Waals surface area contributed by atoms with Crippen molar-refractivity contribution >= 4 is 10.9 Å². The number of pyridine rings is 2. The molecule has 0 fully saturated rings. The van der Waals surface area contributed by atoms with Gasteiger partial charge >= 0.3 is 0 Å². The predicted octanol–water partition coefficient (Wildman–Crippen LogP) is 6.37. The van der Waals surface area contributed by atoms with Crippen LogP contribution in [0.2, 0.25) is 0 Å². The molecule has 1 aromatic carbocycles. The Kier molecular flexibility index (Phi) is 7.08. The molecular weight excluding hydrogens is 388 g/mol. The molecule has 0 aliphatic heterocycles. The Morgan fingerprint density at radius 2 is 1.74 bits per heavy atom. The summed E-state index contributed by atoms with van der Waals surface area (Å²) in [4.78, 5) is 9.14. The average molecular weight is 417 g/mol. The van der Waals surface area contributed by atoms with Gasteiger partial charge < -0.3 is 14.2 Å². The molecule has 0 saturated heterocycles. The van der Waals surface area contributed by atoms with Crippen molar-refractivity contribution in [3.8, 4) is 23.0 Å². The summed E-state index contributed by atoms with van der Waals surface area (Å²) < 4.78 is 17.2. The number of ether oxygens (including phenoxy) is 3. The van der Waals surface area contributed by atoms with Crippen LogP contribution in [0.4, 0.5) is 0 Å². The van der Waals surface area contributed by atoms with E-state index in [0.29, 0.717) is 29.4 Å². The number of nitrogens with zero attached hydrogens (tertiary/aromatic N) is 2. The van der Waals surface area contributed by atoms with E-state index >= 15 is 0 Å². The lowest BCUT2D eigenvalue weighted by Crippen LogP contribution is -1.99. The fourth-order valence-corrected chi connectivity index (χ4v) is 3.12. The molecule has 0 aliphatic carbocycles. The zero-order valence-corrected chi connectivity index (χ0v) is 18.7. The third-order valence-corrected chi connectivity index (χ3v) is 4.65. The number of aromatic nitrogens is 2. The highest BCUT2D eigenvalue weighted by atomic mass is 16.5. The maximum atomic E-state index is 6.32. The second kappa shape index (κ2) is 9.94. The lowest BCUT2D eigenvalue weighted by Gasteiger charge is -2.14. The molecule has 3 aromatic rings. The summed E-state index contributed by atoms with van der Waals surface area (Å²) in [6.07, 6.45) is 8.36. The number of rotatable bonds is 8. The first-order valence-electron chi connectivity index (χ1n) is 10.1. The summed E-state index contributed by atoms with van der Waals surface area (Å²) in [5, 5.41) is 0.828. The molecule has 160 valence electrons. The van der Waals surface area contributed by atoms with E-state index in [2.05, 4.69) is 31.5 Å². The van der Waals surface area contributed by atoms with E-state index < -0.39 is 0 Å². The molecule has 0 bridgehead atoms. The SMILES string of the molecule is C=C(/C=C\C=C(C)C)Cc1nc(C)ccc1Oc1ccnc2cc(OC)c(OC)cc12. The van der Waals surface area contributed by atoms with Crippen molar-refractivity contribution < 1.29 is 14.2 Å². The van der Waals surface area contributed by atoms with Crippen LogP contribution in [-0.2, 0) is 6.42 Å². The van der Waals surface area contributed by atoms with E-state index in [1.807, 2.05) is 49.4 Å². The van der Waals surface area contributed by atoms with Crippen LogP contribution in [0, 0.1) is 6.92 Å². The molecule has 0 saturated carbocycles. The minimum Gasteiger partial charge on any atom is -0.493 e. The largest absolute Gasteiger partial charge is 0.493 e. The van der Waals surface area contributed by atoms with Crippen LogP contribution in [-0.4, -0.2) is 24.2 Å². The molecule has 5 heteroatoms. The molecule has 2 aromatic heterocycles. The first-order valence-corrected chi connectivity index (χ1v) is 10.1. The Morgan fingerprint density at radius 3 is 2.45 bits per heavy atom. The van der Waals surface area contributed by atoms with E-state index in [1.165, 1.54) is 5.57 Å². The molecule has 0 amide bonds. The van der Waals surface area contributed by atoms with Crippen LogP contribution < -0.4 is 14.2 Å². The third kappa shape index (κ3) is 5.51. The van der Waals surface area contributed by atoms with Gasteiger partial charge in [0.2, 0.25) is 0 Å². The Bertz CT molecular complexity index is 1160. The molecule has 0 N–H and O–H groups in total. The molecule has 31 heavy (non-hydrogen) atoms. The molecule has 3 rings (SSSR count). The maximum absolute atomic E-state index is 6.32. The van der Waals surface area contributed by atoms with Crippen LogP contribution in [0.5, 0.6) is 23.0 Å². The highest BCUT2D eigenvalue weighted by Gasteiger charge is 2.14. The maximum Gasteiger partial charge on any atom is 0.162 e. The van der Waals surface area contributed by atoms with Crippen molar-refractivity contribution in [3.05, 3.63) is 83.9 Å². The minimum atomic E-state index is 0.588. The van der Waals surface area contributed by atoms with Crippen molar-refractivity contribution in [1.82, 2.24) is 9.97 Å². The van der Waals surface area contributed by atoms with Gasteiger partial charge in [0.05, 0.1) is 25.4 Å². The lowest BCUT2D eigenvalue weighted by atomic mass is 10.1. The monoisotopic (exact) mass is 416 g/mol. The van der Waals surface area contributed by atoms with Crippen LogP contribution in [0.25, 0.3) is 10.9 Å². The Balaban J connectivity index is 1.96. The smallest absolute Gasteiger partial charge is 0.162 e. The van der Waals surface area contributed by atoms with Gasteiger partial charge in [-0.2, -0.15) is 0 Å². The van der Waals surface area contributed by atoms with Crippen LogP contribution in [0.15, 0.2) is 72.5 Å². The molecule has 5 nitrogen and oxygen atoms in total. The molecule has 0 radical (unpaired) electrons. The molecular formula is C26H28N2O3. The van der Waals surface area contributed by atoms with Crippen molar-refractivity contribution in [2.45, 2.75) is 27.2 Å². The number of methoxy groups -OCH3 is 2. The zero-order chi connectivity index (χ0) is 22.4. The standard InChI is InChI=1S/C26H28N2O3/c1-17(2)8-7-9-18(3)14-22-24(11-10-19(4)28-22)31-23-12-13-27-21-16-26(30-6)25(29-5)15-20(21)23/h7-13,15-16H,3,14H2,1-2,4-6H3/b9-7-. The Labute approximate surface area is 183 Å². The second-order valence-corrected chi connectivity index (χ2v) is 7.47. The van der Waals surface area contributed by atoms with Crippen LogP contribution in [0.1, 0.15) is 25.2 Å². The van der Waals surface area contributed by atoms with E-state index in [1.54, 1.807) is 20.4 Å². The number of fused-ring (bicyclic) bond motifs is 1. The first kappa shape index (κ1) is 22.1.